The molecule has 0 aromatic heterocycles. The summed E-state index contributed by atoms with van der Waals surface area (Å²) in [4.78, 5) is 15.3. The average Bonchev–Trinajstić information content (AvgIpc) is 2.67. The van der Waals surface area contributed by atoms with Gasteiger partial charge in [0.05, 0.1) is 10.5 Å². The van der Waals surface area contributed by atoms with Gasteiger partial charge in [0.2, 0.25) is 10.0 Å². The second kappa shape index (κ2) is 7.89. The Morgan fingerprint density at radius 1 is 0.929 bits per heavy atom. The number of thiol groups is 1. The minimum atomic E-state index is -3.57. The molecule has 0 N–H and O–H groups in total. The van der Waals surface area contributed by atoms with E-state index in [1.54, 1.807) is 35.2 Å². The van der Waals surface area contributed by atoms with Crippen LogP contribution in [0.25, 0.3) is 0 Å². The van der Waals surface area contributed by atoms with Crippen molar-refractivity contribution in [1.82, 2.24) is 9.21 Å². The Kier molecular flexibility index (Phi) is 5.89. The SMILES string of the molecule is CC(C)(C)c1ccc(S(=O)(=O)N2CCN(C(=O)c3ccccc3S)CC2)cc1. The van der Waals surface area contributed by atoms with E-state index in [1.165, 1.54) is 4.31 Å². The lowest BCUT2D eigenvalue weighted by atomic mass is 9.87. The second-order valence-corrected chi connectivity index (χ2v) is 10.4. The minimum absolute atomic E-state index is 0.0302. The predicted octanol–water partition coefficient (Wildman–Crippen LogP) is 3.42. The first kappa shape index (κ1) is 20.9. The lowest BCUT2D eigenvalue weighted by molar-refractivity contribution is 0.0694. The zero-order chi connectivity index (χ0) is 20.5. The van der Waals surface area contributed by atoms with E-state index in [4.69, 9.17) is 0 Å². The van der Waals surface area contributed by atoms with Crippen molar-refractivity contribution in [2.45, 2.75) is 36.0 Å². The summed E-state index contributed by atoms with van der Waals surface area (Å²) in [7, 11) is -3.57. The highest BCUT2D eigenvalue weighted by Crippen LogP contribution is 2.25. The average molecular weight is 419 g/mol. The fourth-order valence-corrected chi connectivity index (χ4v) is 4.91. The highest BCUT2D eigenvalue weighted by molar-refractivity contribution is 7.89. The summed E-state index contributed by atoms with van der Waals surface area (Å²) >= 11 is 4.34. The summed E-state index contributed by atoms with van der Waals surface area (Å²) in [5.74, 6) is -0.114. The highest BCUT2D eigenvalue weighted by Gasteiger charge is 2.31. The standard InChI is InChI=1S/C21H26N2O3S2/c1-21(2,3)16-8-10-17(11-9-16)28(25,26)23-14-12-22(13-15-23)20(24)18-6-4-5-7-19(18)27/h4-11,27H,12-15H2,1-3H3. The summed E-state index contributed by atoms with van der Waals surface area (Å²) in [6, 6.07) is 14.2. The molecule has 0 radical (unpaired) electrons. The quantitative estimate of drug-likeness (QED) is 0.777. The lowest BCUT2D eigenvalue weighted by Crippen LogP contribution is -2.50. The van der Waals surface area contributed by atoms with Gasteiger partial charge in [0.1, 0.15) is 0 Å². The molecule has 28 heavy (non-hydrogen) atoms. The van der Waals surface area contributed by atoms with Crippen molar-refractivity contribution < 1.29 is 13.2 Å². The second-order valence-electron chi connectivity index (χ2n) is 7.99. The minimum Gasteiger partial charge on any atom is -0.336 e. The van der Waals surface area contributed by atoms with Crippen molar-refractivity contribution in [3.8, 4) is 0 Å². The topological polar surface area (TPSA) is 57.7 Å². The van der Waals surface area contributed by atoms with Gasteiger partial charge < -0.3 is 4.90 Å². The summed E-state index contributed by atoms with van der Waals surface area (Å²) < 4.78 is 27.4. The smallest absolute Gasteiger partial charge is 0.255 e. The third-order valence-electron chi connectivity index (χ3n) is 5.02. The maximum absolute atomic E-state index is 13.0. The number of amides is 1. The van der Waals surface area contributed by atoms with Gasteiger partial charge in [-0.1, -0.05) is 45.0 Å². The van der Waals surface area contributed by atoms with E-state index in [1.807, 2.05) is 18.2 Å². The number of sulfonamides is 1. The van der Waals surface area contributed by atoms with E-state index in [0.29, 0.717) is 28.4 Å². The zero-order valence-corrected chi connectivity index (χ0v) is 18.1. The van der Waals surface area contributed by atoms with Crippen LogP contribution in [0.15, 0.2) is 58.3 Å². The monoisotopic (exact) mass is 418 g/mol. The fourth-order valence-electron chi connectivity index (χ4n) is 3.23. The Hall–Kier alpha value is -1.83. The highest BCUT2D eigenvalue weighted by atomic mass is 32.2. The van der Waals surface area contributed by atoms with Crippen LogP contribution in [0.3, 0.4) is 0 Å². The van der Waals surface area contributed by atoms with Crippen LogP contribution in [0.1, 0.15) is 36.7 Å². The Morgan fingerprint density at radius 3 is 2.04 bits per heavy atom. The van der Waals surface area contributed by atoms with Crippen LogP contribution in [0.4, 0.5) is 0 Å². The normalized spacial score (nSPS) is 16.2. The molecule has 1 aliphatic rings. The number of benzene rings is 2. The van der Waals surface area contributed by atoms with Crippen LogP contribution in [0.2, 0.25) is 0 Å². The maximum Gasteiger partial charge on any atom is 0.255 e. The molecule has 2 aromatic rings. The number of hydrogen-bond acceptors (Lipinski definition) is 4. The summed E-state index contributed by atoms with van der Waals surface area (Å²) in [5, 5.41) is 0. The Balaban J connectivity index is 1.70. The third kappa shape index (κ3) is 4.26. The van der Waals surface area contributed by atoms with Crippen molar-refractivity contribution in [1.29, 1.82) is 0 Å². The van der Waals surface area contributed by atoms with Gasteiger partial charge in [0, 0.05) is 31.1 Å². The van der Waals surface area contributed by atoms with Crippen molar-refractivity contribution in [3.63, 3.8) is 0 Å². The molecule has 1 aliphatic heterocycles. The first-order chi connectivity index (χ1) is 13.1. The van der Waals surface area contributed by atoms with Crippen LogP contribution in [-0.2, 0) is 15.4 Å². The Labute approximate surface area is 172 Å². The number of carbonyl (C=O) groups excluding carboxylic acids is 1. The summed E-state index contributed by atoms with van der Waals surface area (Å²) in [6.45, 7) is 7.56. The third-order valence-corrected chi connectivity index (χ3v) is 7.32. The molecule has 0 saturated carbocycles. The number of hydrogen-bond donors (Lipinski definition) is 1. The molecule has 150 valence electrons. The Bertz CT molecular complexity index is 956. The van der Waals surface area contributed by atoms with Gasteiger partial charge in [-0.15, -0.1) is 12.6 Å². The van der Waals surface area contributed by atoms with Gasteiger partial charge >= 0.3 is 0 Å². The molecule has 0 spiro atoms. The first-order valence-corrected chi connectivity index (χ1v) is 11.2. The molecule has 1 amide bonds. The molecule has 0 unspecified atom stereocenters. The molecule has 1 saturated heterocycles. The van der Waals surface area contributed by atoms with Crippen LogP contribution >= 0.6 is 12.6 Å². The van der Waals surface area contributed by atoms with Crippen molar-refractivity contribution in [2.75, 3.05) is 26.2 Å². The van der Waals surface area contributed by atoms with Gasteiger partial charge in [-0.2, -0.15) is 4.31 Å². The number of piperazine rings is 1. The van der Waals surface area contributed by atoms with E-state index in [9.17, 15) is 13.2 Å². The Morgan fingerprint density at radius 2 is 1.50 bits per heavy atom. The molecule has 2 aromatic carbocycles. The van der Waals surface area contributed by atoms with Crippen molar-refractivity contribution in [3.05, 3.63) is 59.7 Å². The zero-order valence-electron chi connectivity index (χ0n) is 16.4. The van der Waals surface area contributed by atoms with Crippen LogP contribution in [-0.4, -0.2) is 49.7 Å². The van der Waals surface area contributed by atoms with Crippen molar-refractivity contribution in [2.24, 2.45) is 0 Å². The fraction of sp³-hybridized carbons (Fsp3) is 0.381. The predicted molar refractivity (Wildman–Crippen MR) is 113 cm³/mol. The van der Waals surface area contributed by atoms with Gasteiger partial charge in [-0.3, -0.25) is 4.79 Å². The molecule has 0 bridgehead atoms. The molecule has 0 atom stereocenters. The molecular weight excluding hydrogens is 392 g/mol. The molecule has 5 nitrogen and oxygen atoms in total. The summed E-state index contributed by atoms with van der Waals surface area (Å²) in [5.41, 5.74) is 1.60. The maximum atomic E-state index is 13.0. The molecule has 1 heterocycles. The first-order valence-electron chi connectivity index (χ1n) is 9.28. The molecule has 7 heteroatoms. The summed E-state index contributed by atoms with van der Waals surface area (Å²) in [6.07, 6.45) is 0. The number of nitrogens with zero attached hydrogens (tertiary/aromatic N) is 2. The van der Waals surface area contributed by atoms with E-state index in [-0.39, 0.29) is 24.4 Å². The molecule has 3 rings (SSSR count). The molecule has 1 fully saturated rings. The van der Waals surface area contributed by atoms with Gasteiger partial charge in [-0.25, -0.2) is 8.42 Å². The van der Waals surface area contributed by atoms with E-state index >= 15 is 0 Å². The van der Waals surface area contributed by atoms with E-state index in [2.05, 4.69) is 33.4 Å². The lowest BCUT2D eigenvalue weighted by Gasteiger charge is -2.34. The largest absolute Gasteiger partial charge is 0.336 e. The van der Waals surface area contributed by atoms with Crippen LogP contribution in [0, 0.1) is 0 Å². The van der Waals surface area contributed by atoms with Crippen molar-refractivity contribution >= 4 is 28.6 Å². The van der Waals surface area contributed by atoms with Crippen LogP contribution < -0.4 is 0 Å². The molecule has 0 aliphatic carbocycles. The number of rotatable bonds is 3. The number of carbonyl (C=O) groups is 1. The van der Waals surface area contributed by atoms with Gasteiger partial charge in [0.15, 0.2) is 0 Å². The van der Waals surface area contributed by atoms with E-state index < -0.39 is 10.0 Å². The molecular formula is C21H26N2O3S2. The van der Waals surface area contributed by atoms with Gasteiger partial charge in [0.25, 0.3) is 5.91 Å². The van der Waals surface area contributed by atoms with E-state index in [0.717, 1.165) is 5.56 Å². The van der Waals surface area contributed by atoms with Crippen LogP contribution in [0.5, 0.6) is 0 Å². The van der Waals surface area contributed by atoms with Gasteiger partial charge in [-0.05, 0) is 35.2 Å².